The molecule has 1 fully saturated rings. The zero-order valence-corrected chi connectivity index (χ0v) is 16.1. The first-order chi connectivity index (χ1) is 13.8. The quantitative estimate of drug-likeness (QED) is 0.444. The van der Waals surface area contributed by atoms with Gasteiger partial charge in [-0.15, -0.1) is 0 Å². The van der Waals surface area contributed by atoms with Crippen LogP contribution < -0.4 is 10.6 Å². The van der Waals surface area contributed by atoms with E-state index < -0.39 is 41.7 Å². The van der Waals surface area contributed by atoms with Crippen molar-refractivity contribution < 1.29 is 29.1 Å². The van der Waals surface area contributed by atoms with Gasteiger partial charge < -0.3 is 10.4 Å². The van der Waals surface area contributed by atoms with Crippen molar-refractivity contribution in [3.05, 3.63) is 29.3 Å². The van der Waals surface area contributed by atoms with Gasteiger partial charge in [-0.05, 0) is 31.0 Å². The molecule has 1 saturated heterocycles. The number of nitrogens with zero attached hydrogens (tertiary/aromatic N) is 1. The summed E-state index contributed by atoms with van der Waals surface area (Å²) in [4.78, 5) is 61.3. The fourth-order valence-corrected chi connectivity index (χ4v) is 3.62. The Labute approximate surface area is 167 Å². The summed E-state index contributed by atoms with van der Waals surface area (Å²) < 4.78 is 0. The number of fused-ring (bicyclic) bond motifs is 1. The molecule has 9 nitrogen and oxygen atoms in total. The van der Waals surface area contributed by atoms with Gasteiger partial charge in [-0.1, -0.05) is 26.2 Å². The molecule has 2 heterocycles. The van der Waals surface area contributed by atoms with Crippen molar-refractivity contribution in [1.29, 1.82) is 0 Å². The summed E-state index contributed by atoms with van der Waals surface area (Å²) in [5.74, 6) is -3.31. The highest BCUT2D eigenvalue weighted by atomic mass is 16.4. The molecule has 4 amide bonds. The smallest absolute Gasteiger partial charge is 0.326 e. The number of carbonyl (C=O) groups excluding carboxylic acids is 4. The predicted octanol–water partition coefficient (Wildman–Crippen LogP) is 1.53. The van der Waals surface area contributed by atoms with Crippen LogP contribution in [0.4, 0.5) is 5.69 Å². The van der Waals surface area contributed by atoms with E-state index in [4.69, 9.17) is 0 Å². The first-order valence-electron chi connectivity index (χ1n) is 9.68. The van der Waals surface area contributed by atoms with E-state index in [1.165, 1.54) is 12.1 Å². The Bertz CT molecular complexity index is 881. The van der Waals surface area contributed by atoms with Gasteiger partial charge in [0.05, 0.1) is 11.1 Å². The third kappa shape index (κ3) is 4.13. The van der Waals surface area contributed by atoms with Crippen LogP contribution in [-0.4, -0.2) is 51.7 Å². The second kappa shape index (κ2) is 8.42. The van der Waals surface area contributed by atoms with Crippen LogP contribution in [0.1, 0.15) is 66.2 Å². The summed E-state index contributed by atoms with van der Waals surface area (Å²) in [7, 11) is 0. The number of carbonyl (C=O) groups is 5. The predicted molar refractivity (Wildman–Crippen MR) is 102 cm³/mol. The maximum absolute atomic E-state index is 12.8. The Hall–Kier alpha value is -3.23. The first kappa shape index (κ1) is 20.5. The molecule has 9 heteroatoms. The van der Waals surface area contributed by atoms with Crippen LogP contribution in [-0.2, 0) is 14.4 Å². The van der Waals surface area contributed by atoms with Gasteiger partial charge in [0.2, 0.25) is 11.8 Å². The van der Waals surface area contributed by atoms with Crippen LogP contribution in [0.2, 0.25) is 0 Å². The zero-order chi connectivity index (χ0) is 21.1. The average Bonchev–Trinajstić information content (AvgIpc) is 2.92. The first-order valence-corrected chi connectivity index (χ1v) is 9.68. The van der Waals surface area contributed by atoms with Gasteiger partial charge in [0.1, 0.15) is 12.1 Å². The molecule has 0 aliphatic carbocycles. The highest BCUT2D eigenvalue weighted by molar-refractivity contribution is 6.23. The Balaban J connectivity index is 1.79. The van der Waals surface area contributed by atoms with Crippen molar-refractivity contribution in [2.75, 3.05) is 5.32 Å². The Morgan fingerprint density at radius 3 is 2.59 bits per heavy atom. The second-order valence-electron chi connectivity index (χ2n) is 7.24. The second-order valence-corrected chi connectivity index (χ2v) is 7.24. The monoisotopic (exact) mass is 401 g/mol. The lowest BCUT2D eigenvalue weighted by Crippen LogP contribution is -2.54. The molecular weight excluding hydrogens is 378 g/mol. The van der Waals surface area contributed by atoms with E-state index in [0.29, 0.717) is 12.1 Å². The van der Waals surface area contributed by atoms with Gasteiger partial charge in [-0.3, -0.25) is 29.4 Å². The molecule has 1 aromatic rings. The number of hydrogen-bond acceptors (Lipinski definition) is 6. The fourth-order valence-electron chi connectivity index (χ4n) is 3.62. The van der Waals surface area contributed by atoms with E-state index in [0.717, 1.165) is 24.2 Å². The summed E-state index contributed by atoms with van der Waals surface area (Å²) in [6.45, 7) is 2.03. The Kier molecular flexibility index (Phi) is 5.95. The third-order valence-corrected chi connectivity index (χ3v) is 5.18. The van der Waals surface area contributed by atoms with Gasteiger partial charge in [0.15, 0.2) is 0 Å². The van der Waals surface area contributed by atoms with E-state index in [1.807, 2.05) is 6.92 Å². The summed E-state index contributed by atoms with van der Waals surface area (Å²) in [6.07, 6.45) is 3.22. The minimum atomic E-state index is -1.03. The van der Waals surface area contributed by atoms with Crippen LogP contribution in [0.25, 0.3) is 0 Å². The van der Waals surface area contributed by atoms with Crippen molar-refractivity contribution in [2.24, 2.45) is 0 Å². The highest BCUT2D eigenvalue weighted by Crippen LogP contribution is 2.30. The van der Waals surface area contributed by atoms with Gasteiger partial charge in [-0.25, -0.2) is 4.79 Å². The minimum Gasteiger partial charge on any atom is -0.480 e. The van der Waals surface area contributed by atoms with Crippen molar-refractivity contribution in [3.8, 4) is 0 Å². The largest absolute Gasteiger partial charge is 0.480 e. The summed E-state index contributed by atoms with van der Waals surface area (Å²) in [5.41, 5.74) is 0.685. The molecule has 154 valence electrons. The minimum absolute atomic E-state index is 0.0503. The number of amides is 4. The van der Waals surface area contributed by atoms with E-state index in [-0.39, 0.29) is 24.0 Å². The SMILES string of the molecule is CCCCCC(Nc1ccc2c(c1)C(=O)N(C1CCC(=O)NC1=O)C2=O)C(=O)O. The number of aliphatic carboxylic acids is 1. The molecule has 2 atom stereocenters. The summed E-state index contributed by atoms with van der Waals surface area (Å²) in [6, 6.07) is 2.61. The number of rotatable bonds is 8. The lowest BCUT2D eigenvalue weighted by Gasteiger charge is -2.27. The topological polar surface area (TPSA) is 133 Å². The zero-order valence-electron chi connectivity index (χ0n) is 16.1. The highest BCUT2D eigenvalue weighted by Gasteiger charge is 2.44. The van der Waals surface area contributed by atoms with Crippen LogP contribution in [0.15, 0.2) is 18.2 Å². The van der Waals surface area contributed by atoms with Crippen LogP contribution >= 0.6 is 0 Å². The third-order valence-electron chi connectivity index (χ3n) is 5.18. The fraction of sp³-hybridized carbons (Fsp3) is 0.450. The van der Waals surface area contributed by atoms with Crippen LogP contribution in [0.3, 0.4) is 0 Å². The molecule has 0 spiro atoms. The molecule has 0 saturated carbocycles. The van der Waals surface area contributed by atoms with E-state index in [2.05, 4.69) is 10.6 Å². The molecule has 1 aromatic carbocycles. The standard InChI is InChI=1S/C20H23N3O6/c1-2-3-4-5-14(20(28)29)21-11-6-7-12-13(10-11)19(27)23(18(12)26)15-8-9-16(24)22-17(15)25/h6-7,10,14-15,21H,2-5,8-9H2,1H3,(H,28,29)(H,22,24,25). The summed E-state index contributed by atoms with van der Waals surface area (Å²) in [5, 5.41) is 14.5. The molecule has 0 radical (unpaired) electrons. The Morgan fingerprint density at radius 1 is 1.21 bits per heavy atom. The summed E-state index contributed by atoms with van der Waals surface area (Å²) >= 11 is 0. The van der Waals surface area contributed by atoms with Gasteiger partial charge in [0, 0.05) is 12.1 Å². The lowest BCUT2D eigenvalue weighted by atomic mass is 10.0. The number of imide groups is 2. The molecular formula is C20H23N3O6. The van der Waals surface area contributed by atoms with E-state index in [1.54, 1.807) is 6.07 Å². The number of benzene rings is 1. The lowest BCUT2D eigenvalue weighted by molar-refractivity contribution is -0.138. The number of unbranched alkanes of at least 4 members (excludes halogenated alkanes) is 2. The molecule has 3 rings (SSSR count). The average molecular weight is 401 g/mol. The van der Waals surface area contributed by atoms with Crippen LogP contribution in [0, 0.1) is 0 Å². The van der Waals surface area contributed by atoms with Gasteiger partial charge in [0.25, 0.3) is 11.8 Å². The van der Waals surface area contributed by atoms with Crippen molar-refractivity contribution in [3.63, 3.8) is 0 Å². The number of nitrogens with one attached hydrogen (secondary N) is 2. The van der Waals surface area contributed by atoms with E-state index >= 15 is 0 Å². The molecule has 2 aliphatic heterocycles. The number of carboxylic acid groups (broad SMARTS) is 1. The van der Waals surface area contributed by atoms with Crippen molar-refractivity contribution in [2.45, 2.75) is 57.5 Å². The van der Waals surface area contributed by atoms with E-state index in [9.17, 15) is 29.1 Å². The number of anilines is 1. The van der Waals surface area contributed by atoms with Crippen molar-refractivity contribution >= 4 is 35.3 Å². The number of piperidine rings is 1. The number of hydrogen-bond donors (Lipinski definition) is 3. The van der Waals surface area contributed by atoms with Gasteiger partial charge in [-0.2, -0.15) is 0 Å². The van der Waals surface area contributed by atoms with Gasteiger partial charge >= 0.3 is 5.97 Å². The normalized spacial score (nSPS) is 19.8. The molecule has 0 aromatic heterocycles. The Morgan fingerprint density at radius 2 is 1.93 bits per heavy atom. The molecule has 2 aliphatic rings. The molecule has 3 N–H and O–H groups in total. The van der Waals surface area contributed by atoms with Crippen molar-refractivity contribution in [1.82, 2.24) is 10.2 Å². The molecule has 29 heavy (non-hydrogen) atoms. The molecule has 2 unspecified atom stereocenters. The maximum atomic E-state index is 12.8. The number of carboxylic acids is 1. The van der Waals surface area contributed by atoms with Crippen LogP contribution in [0.5, 0.6) is 0 Å². The molecule has 0 bridgehead atoms. The maximum Gasteiger partial charge on any atom is 0.326 e.